The number of thioether (sulfide) groups is 1. The zero-order chi connectivity index (χ0) is 11.0. The van der Waals surface area contributed by atoms with Crippen molar-refractivity contribution in [3.8, 4) is 0 Å². The van der Waals surface area contributed by atoms with E-state index in [1.807, 2.05) is 17.8 Å². The standard InChI is InChI=1S/C11H15N3S/c1-7-5-6-9-10(12-3)11(15-4)13-14(9)8(7)2/h5-6,12H,1-4H3. The molecule has 0 spiro atoms. The van der Waals surface area contributed by atoms with Gasteiger partial charge in [0.2, 0.25) is 0 Å². The average Bonchev–Trinajstić information content (AvgIpc) is 2.61. The Balaban J connectivity index is 2.82. The lowest BCUT2D eigenvalue weighted by molar-refractivity contribution is 0.858. The van der Waals surface area contributed by atoms with Gasteiger partial charge in [0.15, 0.2) is 0 Å². The molecule has 0 amide bonds. The SMILES string of the molecule is CNc1c(SC)nn2c(C)c(C)ccc12. The Bertz CT molecular complexity index is 502. The molecule has 0 saturated heterocycles. The van der Waals surface area contributed by atoms with Crippen molar-refractivity contribution in [2.75, 3.05) is 18.6 Å². The first-order valence-corrected chi connectivity index (χ1v) is 6.12. The molecule has 0 fully saturated rings. The van der Waals surface area contributed by atoms with Gasteiger partial charge in [0, 0.05) is 12.7 Å². The van der Waals surface area contributed by atoms with E-state index in [4.69, 9.17) is 0 Å². The molecule has 2 aromatic rings. The van der Waals surface area contributed by atoms with Crippen LogP contribution in [0, 0.1) is 13.8 Å². The highest BCUT2D eigenvalue weighted by Gasteiger charge is 2.12. The van der Waals surface area contributed by atoms with Gasteiger partial charge in [-0.25, -0.2) is 4.52 Å². The molecule has 0 radical (unpaired) electrons. The van der Waals surface area contributed by atoms with Crippen LogP contribution in [0.3, 0.4) is 0 Å². The summed E-state index contributed by atoms with van der Waals surface area (Å²) < 4.78 is 2.01. The van der Waals surface area contributed by atoms with E-state index in [-0.39, 0.29) is 0 Å². The van der Waals surface area contributed by atoms with Crippen molar-refractivity contribution in [1.29, 1.82) is 0 Å². The van der Waals surface area contributed by atoms with E-state index in [1.54, 1.807) is 11.8 Å². The van der Waals surface area contributed by atoms with E-state index < -0.39 is 0 Å². The molecular formula is C11H15N3S. The van der Waals surface area contributed by atoms with Crippen molar-refractivity contribution < 1.29 is 0 Å². The highest BCUT2D eigenvalue weighted by molar-refractivity contribution is 7.98. The third kappa shape index (κ3) is 1.49. The molecule has 0 aliphatic carbocycles. The molecule has 0 unspecified atom stereocenters. The fraction of sp³-hybridized carbons (Fsp3) is 0.364. The number of fused-ring (bicyclic) bond motifs is 1. The average molecular weight is 221 g/mol. The summed E-state index contributed by atoms with van der Waals surface area (Å²) >= 11 is 1.67. The fourth-order valence-corrected chi connectivity index (χ4v) is 2.26. The molecule has 0 aliphatic heterocycles. The normalized spacial score (nSPS) is 10.9. The molecule has 2 rings (SSSR count). The lowest BCUT2D eigenvalue weighted by Gasteiger charge is -2.03. The summed E-state index contributed by atoms with van der Waals surface area (Å²) in [4.78, 5) is 0. The quantitative estimate of drug-likeness (QED) is 0.791. The van der Waals surface area contributed by atoms with Gasteiger partial charge in [0.25, 0.3) is 0 Å². The Morgan fingerprint density at radius 3 is 2.67 bits per heavy atom. The van der Waals surface area contributed by atoms with Crippen LogP contribution in [0.25, 0.3) is 5.52 Å². The Labute approximate surface area is 93.9 Å². The van der Waals surface area contributed by atoms with Crippen molar-refractivity contribution >= 4 is 23.0 Å². The minimum atomic E-state index is 1.05. The number of aromatic nitrogens is 2. The third-order valence-electron chi connectivity index (χ3n) is 2.71. The van der Waals surface area contributed by atoms with Gasteiger partial charge in [-0.1, -0.05) is 6.07 Å². The number of nitrogens with one attached hydrogen (secondary N) is 1. The molecule has 1 N–H and O–H groups in total. The minimum Gasteiger partial charge on any atom is -0.384 e. The van der Waals surface area contributed by atoms with Crippen LogP contribution in [-0.4, -0.2) is 22.9 Å². The van der Waals surface area contributed by atoms with E-state index in [0.717, 1.165) is 16.2 Å². The topological polar surface area (TPSA) is 29.3 Å². The van der Waals surface area contributed by atoms with Gasteiger partial charge in [0.1, 0.15) is 5.03 Å². The number of rotatable bonds is 2. The number of aryl methyl sites for hydroxylation is 2. The van der Waals surface area contributed by atoms with Gasteiger partial charge in [0.05, 0.1) is 11.2 Å². The van der Waals surface area contributed by atoms with E-state index in [1.165, 1.54) is 11.3 Å². The van der Waals surface area contributed by atoms with Gasteiger partial charge < -0.3 is 5.32 Å². The van der Waals surface area contributed by atoms with Gasteiger partial charge >= 0.3 is 0 Å². The number of hydrogen-bond donors (Lipinski definition) is 1. The first kappa shape index (κ1) is 10.4. The molecule has 0 saturated carbocycles. The van der Waals surface area contributed by atoms with Crippen LogP contribution in [0.5, 0.6) is 0 Å². The lowest BCUT2D eigenvalue weighted by Crippen LogP contribution is -1.96. The molecular weight excluding hydrogens is 206 g/mol. The van der Waals surface area contributed by atoms with Crippen LogP contribution in [0.15, 0.2) is 17.2 Å². The van der Waals surface area contributed by atoms with Crippen LogP contribution >= 0.6 is 11.8 Å². The number of anilines is 1. The zero-order valence-electron chi connectivity index (χ0n) is 9.46. The molecule has 15 heavy (non-hydrogen) atoms. The molecule has 4 heteroatoms. The summed E-state index contributed by atoms with van der Waals surface area (Å²) in [6, 6.07) is 4.25. The second-order valence-electron chi connectivity index (χ2n) is 3.53. The van der Waals surface area contributed by atoms with E-state index >= 15 is 0 Å². The van der Waals surface area contributed by atoms with E-state index in [0.29, 0.717) is 0 Å². The summed E-state index contributed by atoms with van der Waals surface area (Å²) in [5.41, 5.74) is 4.72. The molecule has 3 nitrogen and oxygen atoms in total. The largest absolute Gasteiger partial charge is 0.384 e. The van der Waals surface area contributed by atoms with Gasteiger partial charge in [-0.05, 0) is 31.7 Å². The van der Waals surface area contributed by atoms with Gasteiger partial charge in [-0.2, -0.15) is 5.10 Å². The van der Waals surface area contributed by atoms with E-state index in [9.17, 15) is 0 Å². The third-order valence-corrected chi connectivity index (χ3v) is 3.38. The Hall–Kier alpha value is -1.16. The number of pyridine rings is 1. The first-order chi connectivity index (χ1) is 7.19. The summed E-state index contributed by atoms with van der Waals surface area (Å²) in [6.07, 6.45) is 2.05. The van der Waals surface area contributed by atoms with Crippen molar-refractivity contribution in [1.82, 2.24) is 9.61 Å². The second kappa shape index (κ2) is 3.77. The second-order valence-corrected chi connectivity index (χ2v) is 4.33. The molecule has 0 atom stereocenters. The Morgan fingerprint density at radius 2 is 2.07 bits per heavy atom. The maximum atomic E-state index is 4.58. The van der Waals surface area contributed by atoms with Crippen LogP contribution in [-0.2, 0) is 0 Å². The number of hydrogen-bond acceptors (Lipinski definition) is 3. The molecule has 0 aliphatic rings. The van der Waals surface area contributed by atoms with Crippen molar-refractivity contribution in [3.05, 3.63) is 23.4 Å². The molecule has 80 valence electrons. The maximum absolute atomic E-state index is 4.58. The minimum absolute atomic E-state index is 1.05. The molecule has 0 aromatic carbocycles. The highest BCUT2D eigenvalue weighted by Crippen LogP contribution is 2.29. The van der Waals surface area contributed by atoms with Crippen LogP contribution in [0.2, 0.25) is 0 Å². The predicted molar refractivity (Wildman–Crippen MR) is 66.0 cm³/mol. The van der Waals surface area contributed by atoms with Gasteiger partial charge in [-0.3, -0.25) is 0 Å². The fourth-order valence-electron chi connectivity index (χ4n) is 1.69. The van der Waals surface area contributed by atoms with Crippen LogP contribution in [0.4, 0.5) is 5.69 Å². The molecule has 2 aromatic heterocycles. The lowest BCUT2D eigenvalue weighted by atomic mass is 10.2. The predicted octanol–water partition coefficient (Wildman–Crippen LogP) is 2.71. The monoisotopic (exact) mass is 221 g/mol. The van der Waals surface area contributed by atoms with Gasteiger partial charge in [-0.15, -0.1) is 11.8 Å². The summed E-state index contributed by atoms with van der Waals surface area (Å²) in [7, 11) is 1.94. The maximum Gasteiger partial charge on any atom is 0.142 e. The molecule has 2 heterocycles. The summed E-state index contributed by atoms with van der Waals surface area (Å²) in [5.74, 6) is 0. The van der Waals surface area contributed by atoms with Crippen LogP contribution < -0.4 is 5.32 Å². The zero-order valence-corrected chi connectivity index (χ0v) is 10.3. The van der Waals surface area contributed by atoms with E-state index in [2.05, 4.69) is 36.4 Å². The smallest absolute Gasteiger partial charge is 0.142 e. The number of nitrogens with zero attached hydrogens (tertiary/aromatic N) is 2. The summed E-state index contributed by atoms with van der Waals surface area (Å²) in [5, 5.41) is 8.84. The first-order valence-electron chi connectivity index (χ1n) is 4.89. The Morgan fingerprint density at radius 1 is 1.33 bits per heavy atom. The molecule has 0 bridgehead atoms. The van der Waals surface area contributed by atoms with Crippen LogP contribution in [0.1, 0.15) is 11.3 Å². The highest BCUT2D eigenvalue weighted by atomic mass is 32.2. The summed E-state index contributed by atoms with van der Waals surface area (Å²) in [6.45, 7) is 4.20. The Kier molecular flexibility index (Phi) is 2.61. The van der Waals surface area contributed by atoms with Crippen molar-refractivity contribution in [2.45, 2.75) is 18.9 Å². The van der Waals surface area contributed by atoms with Crippen molar-refractivity contribution in [2.24, 2.45) is 0 Å². The van der Waals surface area contributed by atoms with Crippen molar-refractivity contribution in [3.63, 3.8) is 0 Å².